The third-order valence-electron chi connectivity index (χ3n) is 4.29. The lowest BCUT2D eigenvalue weighted by Crippen LogP contribution is -2.44. The van der Waals surface area contributed by atoms with Crippen molar-refractivity contribution in [2.75, 3.05) is 6.54 Å². The first-order chi connectivity index (χ1) is 8.16. The van der Waals surface area contributed by atoms with Crippen molar-refractivity contribution in [1.29, 1.82) is 0 Å². The van der Waals surface area contributed by atoms with E-state index in [-0.39, 0.29) is 0 Å². The molecule has 1 aliphatic carbocycles. The molecule has 2 fully saturated rings. The average molecular weight is 235 g/mol. The summed E-state index contributed by atoms with van der Waals surface area (Å²) in [5.41, 5.74) is 5.89. The van der Waals surface area contributed by atoms with Crippen molar-refractivity contribution in [2.45, 2.75) is 63.8 Å². The molecule has 1 saturated heterocycles. The number of amides is 1. The molecule has 2 N–H and O–H groups in total. The summed E-state index contributed by atoms with van der Waals surface area (Å²) in [6, 6.07) is 0.784. The molecule has 0 spiro atoms. The van der Waals surface area contributed by atoms with Crippen molar-refractivity contribution >= 4 is 13.2 Å². The topological polar surface area (TPSA) is 46.3 Å². The summed E-state index contributed by atoms with van der Waals surface area (Å²) in [4.78, 5) is 14.3. The Labute approximate surface area is 105 Å². The monoisotopic (exact) mass is 235 g/mol. The Hall–Kier alpha value is -0.505. The van der Waals surface area contributed by atoms with Gasteiger partial charge in [0, 0.05) is 25.0 Å². The molecule has 1 aliphatic heterocycles. The molecule has 2 rings (SSSR count). The second-order valence-corrected chi connectivity index (χ2v) is 5.73. The number of carbonyl (C=O) groups is 1. The predicted molar refractivity (Wildman–Crippen MR) is 71.1 cm³/mol. The van der Waals surface area contributed by atoms with E-state index in [1.807, 2.05) is 0 Å². The maximum Gasteiger partial charge on any atom is 0.223 e. The normalized spacial score (nSPS) is 34.2. The van der Waals surface area contributed by atoms with E-state index in [0.29, 0.717) is 23.9 Å². The van der Waals surface area contributed by atoms with Crippen molar-refractivity contribution < 1.29 is 4.79 Å². The van der Waals surface area contributed by atoms with Gasteiger partial charge in [-0.15, -0.1) is 0 Å². The molecule has 0 aromatic heterocycles. The summed E-state index contributed by atoms with van der Waals surface area (Å²) < 4.78 is 0. The Balaban J connectivity index is 1.79. The van der Waals surface area contributed by atoms with Gasteiger partial charge >= 0.3 is 0 Å². The average Bonchev–Trinajstić information content (AvgIpc) is 2.32. The molecule has 95 valence electrons. The fraction of sp³-hybridized carbons (Fsp3) is 0.923. The van der Waals surface area contributed by atoms with E-state index in [1.165, 1.54) is 0 Å². The molecule has 1 atom stereocenters. The van der Waals surface area contributed by atoms with Crippen LogP contribution in [0.3, 0.4) is 0 Å². The number of hydrogen-bond acceptors (Lipinski definition) is 2. The van der Waals surface area contributed by atoms with Gasteiger partial charge in [-0.05, 0) is 38.5 Å². The van der Waals surface area contributed by atoms with Crippen LogP contribution in [0.15, 0.2) is 0 Å². The lowest BCUT2D eigenvalue weighted by Gasteiger charge is -2.35. The standard InChI is InChI=1S/C13H24BN2O/c1-10-9-14-6-7-16(10)13(17)8-11-2-4-12(15)5-3-11/h10-12H,2-9,15H2,1H3. The molecule has 1 heterocycles. The number of rotatable bonds is 2. The van der Waals surface area contributed by atoms with Crippen molar-refractivity contribution in [3.8, 4) is 0 Å². The van der Waals surface area contributed by atoms with Gasteiger partial charge < -0.3 is 10.6 Å². The van der Waals surface area contributed by atoms with Crippen LogP contribution in [0.5, 0.6) is 0 Å². The Kier molecular flexibility index (Phi) is 4.49. The highest BCUT2D eigenvalue weighted by Crippen LogP contribution is 2.27. The number of carbonyl (C=O) groups excluding carboxylic acids is 1. The van der Waals surface area contributed by atoms with Crippen LogP contribution in [0.2, 0.25) is 12.6 Å². The second kappa shape index (κ2) is 5.90. The van der Waals surface area contributed by atoms with Crippen molar-refractivity contribution in [2.24, 2.45) is 11.7 Å². The molecule has 0 aromatic carbocycles. The molecule has 1 unspecified atom stereocenters. The highest BCUT2D eigenvalue weighted by atomic mass is 16.2. The zero-order valence-electron chi connectivity index (χ0n) is 10.9. The first-order valence-electron chi connectivity index (χ1n) is 7.03. The van der Waals surface area contributed by atoms with E-state index in [1.54, 1.807) is 0 Å². The molecular formula is C13H24BN2O. The van der Waals surface area contributed by atoms with Gasteiger partial charge in [-0.25, -0.2) is 0 Å². The van der Waals surface area contributed by atoms with Crippen LogP contribution >= 0.6 is 0 Å². The summed E-state index contributed by atoms with van der Waals surface area (Å²) in [6.07, 6.45) is 7.34. The summed E-state index contributed by atoms with van der Waals surface area (Å²) in [5, 5.41) is 0. The minimum atomic E-state index is 0.367. The van der Waals surface area contributed by atoms with Crippen LogP contribution in [-0.4, -0.2) is 36.7 Å². The third kappa shape index (κ3) is 3.48. The smallest absolute Gasteiger partial charge is 0.223 e. The zero-order chi connectivity index (χ0) is 12.3. The molecule has 0 bridgehead atoms. The minimum absolute atomic E-state index is 0.367. The Morgan fingerprint density at radius 2 is 2.06 bits per heavy atom. The van der Waals surface area contributed by atoms with Gasteiger partial charge in [-0.1, -0.05) is 12.6 Å². The number of nitrogens with two attached hydrogens (primary N) is 1. The second-order valence-electron chi connectivity index (χ2n) is 5.73. The molecule has 0 aromatic rings. The van der Waals surface area contributed by atoms with Crippen molar-refractivity contribution in [3.63, 3.8) is 0 Å². The lowest BCUT2D eigenvalue weighted by atomic mass is 9.65. The van der Waals surface area contributed by atoms with E-state index in [9.17, 15) is 4.79 Å². The van der Waals surface area contributed by atoms with Crippen LogP contribution in [0.1, 0.15) is 39.0 Å². The van der Waals surface area contributed by atoms with Crippen LogP contribution in [0.25, 0.3) is 0 Å². The van der Waals surface area contributed by atoms with E-state index in [0.717, 1.165) is 51.3 Å². The molecule has 2 aliphatic rings. The Morgan fingerprint density at radius 1 is 1.35 bits per heavy atom. The van der Waals surface area contributed by atoms with Crippen LogP contribution in [-0.2, 0) is 4.79 Å². The predicted octanol–water partition coefficient (Wildman–Crippen LogP) is 1.67. The van der Waals surface area contributed by atoms with Gasteiger partial charge in [0.25, 0.3) is 0 Å². The van der Waals surface area contributed by atoms with Crippen molar-refractivity contribution in [1.82, 2.24) is 4.90 Å². The first kappa shape index (κ1) is 12.9. The molecular weight excluding hydrogens is 211 g/mol. The molecule has 3 nitrogen and oxygen atoms in total. The fourth-order valence-electron chi connectivity index (χ4n) is 3.06. The molecule has 1 radical (unpaired) electrons. The molecule has 1 saturated carbocycles. The van der Waals surface area contributed by atoms with E-state index >= 15 is 0 Å². The molecule has 1 amide bonds. The third-order valence-corrected chi connectivity index (χ3v) is 4.29. The largest absolute Gasteiger partial charge is 0.341 e. The van der Waals surface area contributed by atoms with Gasteiger partial charge in [-0.2, -0.15) is 0 Å². The highest BCUT2D eigenvalue weighted by molar-refractivity contribution is 6.36. The SMILES string of the molecule is CC1C[B]CCN1C(=O)CC1CCC(N)CC1. The molecule has 4 heteroatoms. The maximum atomic E-state index is 12.2. The summed E-state index contributed by atoms with van der Waals surface area (Å²) in [5.74, 6) is 0.950. The summed E-state index contributed by atoms with van der Waals surface area (Å²) >= 11 is 0. The van der Waals surface area contributed by atoms with Crippen LogP contribution in [0.4, 0.5) is 0 Å². The van der Waals surface area contributed by atoms with Gasteiger partial charge in [0.15, 0.2) is 0 Å². The van der Waals surface area contributed by atoms with Gasteiger partial charge in [-0.3, -0.25) is 4.79 Å². The maximum absolute atomic E-state index is 12.2. The van der Waals surface area contributed by atoms with Crippen LogP contribution < -0.4 is 5.73 Å². The molecule has 17 heavy (non-hydrogen) atoms. The van der Waals surface area contributed by atoms with Gasteiger partial charge in [0.2, 0.25) is 5.91 Å². The summed E-state index contributed by atoms with van der Waals surface area (Å²) in [6.45, 7) is 3.08. The Morgan fingerprint density at radius 3 is 2.71 bits per heavy atom. The van der Waals surface area contributed by atoms with E-state index < -0.39 is 0 Å². The number of hydrogen-bond donors (Lipinski definition) is 1. The summed E-state index contributed by atoms with van der Waals surface area (Å²) in [7, 11) is 2.30. The lowest BCUT2D eigenvalue weighted by molar-refractivity contribution is -0.134. The Bertz CT molecular complexity index is 264. The van der Waals surface area contributed by atoms with E-state index in [2.05, 4.69) is 19.1 Å². The van der Waals surface area contributed by atoms with Gasteiger partial charge in [0.1, 0.15) is 7.28 Å². The highest BCUT2D eigenvalue weighted by Gasteiger charge is 2.27. The minimum Gasteiger partial charge on any atom is -0.341 e. The van der Waals surface area contributed by atoms with Crippen molar-refractivity contribution in [3.05, 3.63) is 0 Å². The van der Waals surface area contributed by atoms with Crippen LogP contribution in [0, 0.1) is 5.92 Å². The van der Waals surface area contributed by atoms with E-state index in [4.69, 9.17) is 5.73 Å². The zero-order valence-corrected chi connectivity index (χ0v) is 10.9. The fourth-order valence-corrected chi connectivity index (χ4v) is 3.06. The first-order valence-corrected chi connectivity index (χ1v) is 7.03. The quantitative estimate of drug-likeness (QED) is 0.740. The van der Waals surface area contributed by atoms with Gasteiger partial charge in [0.05, 0.1) is 0 Å². The number of nitrogens with zero attached hydrogens (tertiary/aromatic N) is 1.